The van der Waals surface area contributed by atoms with Gasteiger partial charge in [-0.3, -0.25) is 0 Å². The molecule has 0 atom stereocenters. The monoisotopic (exact) mass is 271 g/mol. The van der Waals surface area contributed by atoms with Gasteiger partial charge >= 0.3 is 0 Å². The van der Waals surface area contributed by atoms with Gasteiger partial charge in [-0.15, -0.1) is 0 Å². The van der Waals surface area contributed by atoms with Crippen molar-refractivity contribution in [3.05, 3.63) is 59.7 Å². The van der Waals surface area contributed by atoms with Gasteiger partial charge in [-0.05, 0) is 23.8 Å². The van der Waals surface area contributed by atoms with Crippen LogP contribution in [-0.2, 0) is 6.54 Å². The zero-order valence-electron chi connectivity index (χ0n) is 10.3. The van der Waals surface area contributed by atoms with Crippen LogP contribution in [0, 0.1) is 0 Å². The maximum Gasteiger partial charge on any atom is 0.231 e. The Hall–Kier alpha value is -2.07. The van der Waals surface area contributed by atoms with Crippen LogP contribution >= 0.6 is 12.2 Å². The topological polar surface area (TPSA) is 30.5 Å². The molecule has 0 aliphatic carbocycles. The largest absolute Gasteiger partial charge is 0.454 e. The smallest absolute Gasteiger partial charge is 0.231 e. The average molecular weight is 271 g/mol. The molecular formula is C15H13NO2S. The van der Waals surface area contributed by atoms with Crippen LogP contribution in [0.15, 0.2) is 48.5 Å². The van der Waals surface area contributed by atoms with Crippen molar-refractivity contribution in [2.75, 3.05) is 6.79 Å². The molecule has 1 aliphatic rings. The molecular weight excluding hydrogens is 258 g/mol. The molecule has 19 heavy (non-hydrogen) atoms. The summed E-state index contributed by atoms with van der Waals surface area (Å²) in [6.07, 6.45) is 0. The molecule has 0 saturated heterocycles. The molecule has 0 spiro atoms. The molecule has 96 valence electrons. The van der Waals surface area contributed by atoms with E-state index in [0.29, 0.717) is 11.5 Å². The number of hydrogen-bond donors (Lipinski definition) is 1. The molecule has 2 aromatic carbocycles. The maximum absolute atomic E-state index is 5.38. The van der Waals surface area contributed by atoms with E-state index >= 15 is 0 Å². The van der Waals surface area contributed by atoms with Crippen LogP contribution in [0.1, 0.15) is 11.1 Å². The molecule has 2 aromatic rings. The van der Waals surface area contributed by atoms with E-state index in [4.69, 9.17) is 21.7 Å². The summed E-state index contributed by atoms with van der Waals surface area (Å²) in [5, 5.41) is 3.24. The Morgan fingerprint density at radius 2 is 1.84 bits per heavy atom. The van der Waals surface area contributed by atoms with Gasteiger partial charge in [-0.2, -0.15) is 0 Å². The molecule has 0 unspecified atom stereocenters. The molecule has 0 aromatic heterocycles. The van der Waals surface area contributed by atoms with Gasteiger partial charge in [0.2, 0.25) is 6.79 Å². The van der Waals surface area contributed by atoms with Crippen LogP contribution in [0.4, 0.5) is 0 Å². The lowest BCUT2D eigenvalue weighted by atomic mass is 10.2. The fourth-order valence-corrected chi connectivity index (χ4v) is 2.12. The summed E-state index contributed by atoms with van der Waals surface area (Å²) in [5.41, 5.74) is 2.14. The van der Waals surface area contributed by atoms with Crippen molar-refractivity contribution in [3.63, 3.8) is 0 Å². The molecule has 0 bridgehead atoms. The molecule has 3 rings (SSSR count). The van der Waals surface area contributed by atoms with Crippen LogP contribution in [0.3, 0.4) is 0 Å². The molecule has 3 nitrogen and oxygen atoms in total. The first-order valence-corrected chi connectivity index (χ1v) is 6.45. The molecule has 0 saturated carbocycles. The van der Waals surface area contributed by atoms with Crippen molar-refractivity contribution in [1.29, 1.82) is 0 Å². The third kappa shape index (κ3) is 2.69. The van der Waals surface area contributed by atoms with Crippen molar-refractivity contribution in [1.82, 2.24) is 5.32 Å². The van der Waals surface area contributed by atoms with Crippen LogP contribution in [0.25, 0.3) is 0 Å². The molecule has 0 radical (unpaired) electrons. The Labute approximate surface area is 117 Å². The maximum atomic E-state index is 5.38. The van der Waals surface area contributed by atoms with E-state index in [0.717, 1.165) is 17.1 Å². The minimum Gasteiger partial charge on any atom is -0.454 e. The molecule has 0 amide bonds. The number of nitrogens with one attached hydrogen (secondary N) is 1. The summed E-state index contributed by atoms with van der Waals surface area (Å²) in [7, 11) is 0. The molecule has 0 fully saturated rings. The number of thiocarbonyl (C=S) groups is 1. The first kappa shape index (κ1) is 12.0. The second-order valence-corrected chi connectivity index (χ2v) is 4.64. The first-order valence-electron chi connectivity index (χ1n) is 6.05. The fraction of sp³-hybridized carbons (Fsp3) is 0.133. The molecule has 1 N–H and O–H groups in total. The lowest BCUT2D eigenvalue weighted by molar-refractivity contribution is 0.174. The van der Waals surface area contributed by atoms with Gasteiger partial charge in [0.1, 0.15) is 4.99 Å². The second-order valence-electron chi connectivity index (χ2n) is 4.24. The summed E-state index contributed by atoms with van der Waals surface area (Å²) in [6, 6.07) is 15.9. The highest BCUT2D eigenvalue weighted by Gasteiger charge is 2.14. The van der Waals surface area contributed by atoms with Gasteiger partial charge in [0.05, 0.1) is 0 Å². The Bertz CT molecular complexity index is 598. The summed E-state index contributed by atoms with van der Waals surface area (Å²) >= 11 is 5.38. The number of ether oxygens (including phenoxy) is 2. The summed E-state index contributed by atoms with van der Waals surface area (Å²) < 4.78 is 10.6. The Kier molecular flexibility index (Phi) is 3.33. The van der Waals surface area contributed by atoms with E-state index in [-0.39, 0.29) is 6.79 Å². The average Bonchev–Trinajstić information content (AvgIpc) is 2.93. The van der Waals surface area contributed by atoms with Crippen LogP contribution in [0.2, 0.25) is 0 Å². The first-order chi connectivity index (χ1) is 9.33. The SMILES string of the molecule is S=C(NCc1ccccc1)c1ccc2c(c1)OCO2. The minimum atomic E-state index is 0.281. The van der Waals surface area contributed by atoms with Crippen molar-refractivity contribution in [3.8, 4) is 11.5 Å². The molecule has 1 aliphatic heterocycles. The van der Waals surface area contributed by atoms with Gasteiger partial charge < -0.3 is 14.8 Å². The predicted molar refractivity (Wildman–Crippen MR) is 77.5 cm³/mol. The Balaban J connectivity index is 1.67. The minimum absolute atomic E-state index is 0.281. The van der Waals surface area contributed by atoms with Crippen molar-refractivity contribution >= 4 is 17.2 Å². The van der Waals surface area contributed by atoms with Crippen LogP contribution < -0.4 is 14.8 Å². The quantitative estimate of drug-likeness (QED) is 0.870. The highest BCUT2D eigenvalue weighted by atomic mass is 32.1. The van der Waals surface area contributed by atoms with Crippen LogP contribution in [-0.4, -0.2) is 11.8 Å². The van der Waals surface area contributed by atoms with Crippen LogP contribution in [0.5, 0.6) is 11.5 Å². The van der Waals surface area contributed by atoms with E-state index in [9.17, 15) is 0 Å². The van der Waals surface area contributed by atoms with E-state index in [1.54, 1.807) is 0 Å². The highest BCUT2D eigenvalue weighted by molar-refractivity contribution is 7.80. The van der Waals surface area contributed by atoms with Gasteiger partial charge in [0, 0.05) is 12.1 Å². The van der Waals surface area contributed by atoms with Gasteiger partial charge in [-0.25, -0.2) is 0 Å². The lowest BCUT2D eigenvalue weighted by Crippen LogP contribution is -2.21. The zero-order valence-corrected chi connectivity index (χ0v) is 11.1. The van der Waals surface area contributed by atoms with Crippen molar-refractivity contribution in [2.45, 2.75) is 6.54 Å². The Morgan fingerprint density at radius 1 is 1.05 bits per heavy atom. The normalized spacial score (nSPS) is 12.2. The van der Waals surface area contributed by atoms with E-state index in [2.05, 4.69) is 17.4 Å². The number of rotatable bonds is 3. The van der Waals surface area contributed by atoms with E-state index < -0.39 is 0 Å². The third-order valence-corrected chi connectivity index (χ3v) is 3.31. The fourth-order valence-electron chi connectivity index (χ4n) is 1.92. The van der Waals surface area contributed by atoms with Gasteiger partial charge in [0.25, 0.3) is 0 Å². The van der Waals surface area contributed by atoms with E-state index in [1.165, 1.54) is 5.56 Å². The number of benzene rings is 2. The predicted octanol–water partition coefficient (Wildman–Crippen LogP) is 2.88. The van der Waals surface area contributed by atoms with E-state index in [1.807, 2.05) is 36.4 Å². The number of hydrogen-bond acceptors (Lipinski definition) is 3. The highest BCUT2D eigenvalue weighted by Crippen LogP contribution is 2.32. The lowest BCUT2D eigenvalue weighted by Gasteiger charge is -2.08. The zero-order chi connectivity index (χ0) is 13.1. The standard InChI is InChI=1S/C15H13NO2S/c19-15(16-9-11-4-2-1-3-5-11)12-6-7-13-14(8-12)18-10-17-13/h1-8H,9-10H2,(H,16,19). The summed E-state index contributed by atoms with van der Waals surface area (Å²) in [4.78, 5) is 0.710. The Morgan fingerprint density at radius 3 is 2.68 bits per heavy atom. The van der Waals surface area contributed by atoms with Gasteiger partial charge in [0.15, 0.2) is 11.5 Å². The van der Waals surface area contributed by atoms with Gasteiger partial charge in [-0.1, -0.05) is 42.5 Å². The van der Waals surface area contributed by atoms with Crippen molar-refractivity contribution < 1.29 is 9.47 Å². The van der Waals surface area contributed by atoms with Crippen molar-refractivity contribution in [2.24, 2.45) is 0 Å². The molecule has 4 heteroatoms. The summed E-state index contributed by atoms with van der Waals surface area (Å²) in [6.45, 7) is 0.997. The second kappa shape index (κ2) is 5.28. The number of fused-ring (bicyclic) bond motifs is 1. The summed E-state index contributed by atoms with van der Waals surface area (Å²) in [5.74, 6) is 1.52. The third-order valence-electron chi connectivity index (χ3n) is 2.93. The molecule has 1 heterocycles.